The van der Waals surface area contributed by atoms with E-state index in [4.69, 9.17) is 4.74 Å². The molecule has 0 radical (unpaired) electrons. The van der Waals surface area contributed by atoms with Gasteiger partial charge in [-0.2, -0.15) is 0 Å². The number of thiazole rings is 1. The minimum atomic E-state index is -2.02. The van der Waals surface area contributed by atoms with Gasteiger partial charge in [0.05, 0.1) is 28.4 Å². The quantitative estimate of drug-likeness (QED) is 0.356. The molecule has 9 heteroatoms. The summed E-state index contributed by atoms with van der Waals surface area (Å²) in [5.41, 5.74) is -0.266. The second-order valence-electron chi connectivity index (χ2n) is 6.36. The molecule has 0 N–H and O–H groups in total. The van der Waals surface area contributed by atoms with Crippen molar-refractivity contribution in [2.75, 3.05) is 18.1 Å². The number of anilines is 1. The van der Waals surface area contributed by atoms with Crippen molar-refractivity contribution in [3.8, 4) is 0 Å². The first kappa shape index (κ1) is 18.8. The molecule has 0 spiro atoms. The minimum Gasteiger partial charge on any atom is -0.376 e. The van der Waals surface area contributed by atoms with Gasteiger partial charge in [-0.3, -0.25) is 9.69 Å². The average molecular weight is 410 g/mol. The molecule has 1 atom stereocenters. The van der Waals surface area contributed by atoms with Crippen molar-refractivity contribution >= 4 is 32.6 Å². The number of benzene rings is 2. The first-order valence-corrected chi connectivity index (χ1v) is 9.39. The van der Waals surface area contributed by atoms with Crippen molar-refractivity contribution in [3.05, 3.63) is 59.2 Å². The van der Waals surface area contributed by atoms with Crippen molar-refractivity contribution in [1.29, 1.82) is 0 Å². The van der Waals surface area contributed by atoms with E-state index in [0.29, 0.717) is 24.6 Å². The fourth-order valence-corrected chi connectivity index (χ4v) is 4.06. The summed E-state index contributed by atoms with van der Waals surface area (Å²) in [4.78, 5) is 18.5. The molecule has 146 valence electrons. The highest BCUT2D eigenvalue weighted by atomic mass is 32.1. The molecule has 1 fully saturated rings. The lowest BCUT2D eigenvalue weighted by molar-refractivity contribution is 0.0912. The lowest BCUT2D eigenvalue weighted by atomic mass is 10.1. The monoisotopic (exact) mass is 410 g/mol. The maximum atomic E-state index is 14.2. The number of carbonyl (C=O) groups is 1. The first-order valence-electron chi connectivity index (χ1n) is 8.57. The van der Waals surface area contributed by atoms with Gasteiger partial charge in [0.25, 0.3) is 5.91 Å². The Morgan fingerprint density at radius 3 is 2.68 bits per heavy atom. The van der Waals surface area contributed by atoms with Crippen LogP contribution < -0.4 is 4.90 Å². The third-order valence-electron chi connectivity index (χ3n) is 4.50. The van der Waals surface area contributed by atoms with Crippen LogP contribution in [0.5, 0.6) is 0 Å². The number of halogens is 4. The molecule has 2 aromatic carbocycles. The third kappa shape index (κ3) is 3.35. The molecule has 4 nitrogen and oxygen atoms in total. The van der Waals surface area contributed by atoms with Crippen LogP contribution in [0.15, 0.2) is 30.3 Å². The zero-order chi connectivity index (χ0) is 19.8. The number of fused-ring (bicyclic) bond motifs is 1. The fraction of sp³-hybridized carbons (Fsp3) is 0.263. The maximum absolute atomic E-state index is 14.2. The Hall–Kier alpha value is -2.52. The highest BCUT2D eigenvalue weighted by Crippen LogP contribution is 2.31. The van der Waals surface area contributed by atoms with Gasteiger partial charge in [-0.15, -0.1) is 0 Å². The van der Waals surface area contributed by atoms with E-state index >= 15 is 0 Å². The topological polar surface area (TPSA) is 42.4 Å². The van der Waals surface area contributed by atoms with Crippen LogP contribution in [0.2, 0.25) is 0 Å². The molecule has 0 aliphatic carbocycles. The molecule has 1 aliphatic rings. The molecule has 1 amide bonds. The van der Waals surface area contributed by atoms with Crippen LogP contribution in [0.25, 0.3) is 10.2 Å². The molecule has 28 heavy (non-hydrogen) atoms. The SMILES string of the molecule is O=C(c1cc(F)c(F)c(F)c1F)N(CC1CCCO1)c1nc2ccccc2s1. The van der Waals surface area contributed by atoms with E-state index in [1.807, 2.05) is 6.07 Å². The summed E-state index contributed by atoms with van der Waals surface area (Å²) in [7, 11) is 0. The number of rotatable bonds is 4. The summed E-state index contributed by atoms with van der Waals surface area (Å²) in [5, 5.41) is 0.242. The van der Waals surface area contributed by atoms with Gasteiger partial charge in [0.2, 0.25) is 0 Å². The summed E-state index contributed by atoms with van der Waals surface area (Å²) in [6.45, 7) is 0.569. The smallest absolute Gasteiger partial charge is 0.263 e. The zero-order valence-corrected chi connectivity index (χ0v) is 15.2. The lowest BCUT2D eigenvalue weighted by Gasteiger charge is -2.23. The Morgan fingerprint density at radius 1 is 1.18 bits per heavy atom. The second kappa shape index (κ2) is 7.48. The Labute approximate surface area is 161 Å². The van der Waals surface area contributed by atoms with E-state index in [-0.39, 0.29) is 17.8 Å². The number of aromatic nitrogens is 1. The summed E-state index contributed by atoms with van der Waals surface area (Å²) < 4.78 is 61.1. The Bertz CT molecular complexity index is 1020. The van der Waals surface area contributed by atoms with E-state index in [1.165, 1.54) is 11.3 Å². The number of hydrogen-bond donors (Lipinski definition) is 0. The molecule has 0 bridgehead atoms. The van der Waals surface area contributed by atoms with Crippen LogP contribution in [0.4, 0.5) is 22.7 Å². The molecular formula is C19H14F4N2O2S. The maximum Gasteiger partial charge on any atom is 0.263 e. The summed E-state index contributed by atoms with van der Waals surface area (Å²) in [5.74, 6) is -8.36. The molecule has 1 unspecified atom stereocenters. The van der Waals surface area contributed by atoms with Crippen LogP contribution in [-0.4, -0.2) is 30.1 Å². The minimum absolute atomic E-state index is 0.0404. The molecule has 1 aliphatic heterocycles. The van der Waals surface area contributed by atoms with E-state index in [0.717, 1.165) is 16.0 Å². The van der Waals surface area contributed by atoms with Gasteiger partial charge < -0.3 is 4.74 Å². The Morgan fingerprint density at radius 2 is 1.96 bits per heavy atom. The standard InChI is InChI=1S/C19H14F4N2O2S/c20-12-8-11(15(21)17(23)16(12)22)18(26)25(9-10-4-3-7-27-10)19-24-13-5-1-2-6-14(13)28-19/h1-2,5-6,8,10H,3-4,7,9H2. The second-order valence-corrected chi connectivity index (χ2v) is 7.37. The van der Waals surface area contributed by atoms with Crippen LogP contribution >= 0.6 is 11.3 Å². The van der Waals surface area contributed by atoms with Gasteiger partial charge in [0, 0.05) is 6.61 Å². The highest BCUT2D eigenvalue weighted by molar-refractivity contribution is 7.22. The number of amides is 1. The molecule has 2 heterocycles. The lowest BCUT2D eigenvalue weighted by Crippen LogP contribution is -2.38. The Balaban J connectivity index is 1.77. The van der Waals surface area contributed by atoms with Gasteiger partial charge >= 0.3 is 0 Å². The Kier molecular flexibility index (Phi) is 5.03. The van der Waals surface area contributed by atoms with Crippen molar-refractivity contribution in [2.24, 2.45) is 0 Å². The highest BCUT2D eigenvalue weighted by Gasteiger charge is 2.31. The van der Waals surface area contributed by atoms with Crippen LogP contribution in [0.3, 0.4) is 0 Å². The van der Waals surface area contributed by atoms with Crippen molar-refractivity contribution in [1.82, 2.24) is 4.98 Å². The first-order chi connectivity index (χ1) is 13.5. The van der Waals surface area contributed by atoms with E-state index in [9.17, 15) is 22.4 Å². The van der Waals surface area contributed by atoms with E-state index in [1.54, 1.807) is 18.2 Å². The molecule has 1 aromatic heterocycles. The number of para-hydroxylation sites is 1. The molecule has 0 saturated carbocycles. The van der Waals surface area contributed by atoms with Gasteiger partial charge in [-0.25, -0.2) is 22.5 Å². The van der Waals surface area contributed by atoms with Gasteiger partial charge in [0.1, 0.15) is 0 Å². The number of hydrogen-bond acceptors (Lipinski definition) is 4. The van der Waals surface area contributed by atoms with E-state index in [2.05, 4.69) is 4.98 Å². The predicted octanol–water partition coefficient (Wildman–Crippen LogP) is 4.68. The normalized spacial score (nSPS) is 16.6. The molecular weight excluding hydrogens is 396 g/mol. The van der Waals surface area contributed by atoms with Crippen LogP contribution in [0, 0.1) is 23.3 Å². The fourth-order valence-electron chi connectivity index (χ4n) is 3.09. The predicted molar refractivity (Wildman–Crippen MR) is 96.5 cm³/mol. The van der Waals surface area contributed by atoms with Crippen molar-refractivity contribution in [3.63, 3.8) is 0 Å². The van der Waals surface area contributed by atoms with Gasteiger partial charge in [0.15, 0.2) is 28.4 Å². The third-order valence-corrected chi connectivity index (χ3v) is 5.56. The largest absolute Gasteiger partial charge is 0.376 e. The average Bonchev–Trinajstić information content (AvgIpc) is 3.35. The molecule has 4 rings (SSSR count). The van der Waals surface area contributed by atoms with Crippen LogP contribution in [0.1, 0.15) is 23.2 Å². The summed E-state index contributed by atoms with van der Waals surface area (Å²) in [6, 6.07) is 7.51. The van der Waals surface area contributed by atoms with Gasteiger partial charge in [-0.1, -0.05) is 23.5 Å². The zero-order valence-electron chi connectivity index (χ0n) is 14.4. The number of ether oxygens (including phenoxy) is 1. The van der Waals surface area contributed by atoms with Crippen molar-refractivity contribution < 1.29 is 27.1 Å². The molecule has 3 aromatic rings. The van der Waals surface area contributed by atoms with Crippen LogP contribution in [-0.2, 0) is 4.74 Å². The number of carbonyl (C=O) groups excluding carboxylic acids is 1. The van der Waals surface area contributed by atoms with Crippen molar-refractivity contribution in [2.45, 2.75) is 18.9 Å². The molecule has 1 saturated heterocycles. The van der Waals surface area contributed by atoms with Gasteiger partial charge in [-0.05, 0) is 31.0 Å². The summed E-state index contributed by atoms with van der Waals surface area (Å²) in [6.07, 6.45) is 1.18. The van der Waals surface area contributed by atoms with E-state index < -0.39 is 34.7 Å². The number of nitrogens with zero attached hydrogens (tertiary/aromatic N) is 2. The summed E-state index contributed by atoms with van der Waals surface area (Å²) >= 11 is 1.18.